The SMILES string of the molecule is CCn1c(=O)n(CC(=O)NNC(=O)CNc2ccc(C)cc2C)c2ccccc21. The third kappa shape index (κ3) is 4.48. The summed E-state index contributed by atoms with van der Waals surface area (Å²) < 4.78 is 3.00. The highest BCUT2D eigenvalue weighted by Crippen LogP contribution is 2.15. The Hall–Kier alpha value is -3.55. The minimum Gasteiger partial charge on any atom is -0.376 e. The van der Waals surface area contributed by atoms with Gasteiger partial charge in [-0.25, -0.2) is 4.79 Å². The van der Waals surface area contributed by atoms with Gasteiger partial charge in [0, 0.05) is 12.2 Å². The number of para-hydroxylation sites is 2. The van der Waals surface area contributed by atoms with E-state index in [-0.39, 0.29) is 24.7 Å². The molecule has 3 N–H and O–H groups in total. The van der Waals surface area contributed by atoms with Crippen LogP contribution in [0.15, 0.2) is 47.3 Å². The number of amides is 2. The first-order chi connectivity index (χ1) is 13.9. The number of hydrazine groups is 1. The van der Waals surface area contributed by atoms with Gasteiger partial charge in [0.25, 0.3) is 11.8 Å². The highest BCUT2D eigenvalue weighted by atomic mass is 16.2. The Morgan fingerprint density at radius 3 is 2.24 bits per heavy atom. The average molecular weight is 395 g/mol. The van der Waals surface area contributed by atoms with Crippen LogP contribution in [0.5, 0.6) is 0 Å². The lowest BCUT2D eigenvalue weighted by Crippen LogP contribution is -2.46. The maximum absolute atomic E-state index is 12.6. The largest absolute Gasteiger partial charge is 0.376 e. The lowest BCUT2D eigenvalue weighted by Gasteiger charge is -2.11. The van der Waals surface area contributed by atoms with Crippen molar-refractivity contribution in [3.05, 3.63) is 64.1 Å². The van der Waals surface area contributed by atoms with Crippen molar-refractivity contribution in [2.24, 2.45) is 0 Å². The summed E-state index contributed by atoms with van der Waals surface area (Å²) in [6.07, 6.45) is 0. The van der Waals surface area contributed by atoms with Crippen molar-refractivity contribution in [3.63, 3.8) is 0 Å². The van der Waals surface area contributed by atoms with Crippen molar-refractivity contribution >= 4 is 28.5 Å². The number of benzene rings is 2. The van der Waals surface area contributed by atoms with Crippen LogP contribution < -0.4 is 21.9 Å². The number of carbonyl (C=O) groups excluding carboxylic acids is 2. The quantitative estimate of drug-likeness (QED) is 0.554. The summed E-state index contributed by atoms with van der Waals surface area (Å²) in [6.45, 7) is 6.17. The van der Waals surface area contributed by atoms with E-state index < -0.39 is 5.91 Å². The molecule has 152 valence electrons. The molecular formula is C21H25N5O3. The molecule has 8 heteroatoms. The van der Waals surface area contributed by atoms with Gasteiger partial charge in [-0.3, -0.25) is 29.6 Å². The number of fused-ring (bicyclic) bond motifs is 1. The van der Waals surface area contributed by atoms with Crippen LogP contribution in [-0.2, 0) is 22.7 Å². The molecule has 0 bridgehead atoms. The molecule has 1 aromatic heterocycles. The zero-order valence-corrected chi connectivity index (χ0v) is 16.8. The van der Waals surface area contributed by atoms with Crippen molar-refractivity contribution in [1.82, 2.24) is 20.0 Å². The van der Waals surface area contributed by atoms with E-state index >= 15 is 0 Å². The van der Waals surface area contributed by atoms with E-state index in [1.165, 1.54) is 4.57 Å². The van der Waals surface area contributed by atoms with Gasteiger partial charge < -0.3 is 5.32 Å². The first-order valence-corrected chi connectivity index (χ1v) is 9.47. The van der Waals surface area contributed by atoms with Crippen LogP contribution in [0, 0.1) is 13.8 Å². The topological polar surface area (TPSA) is 97.2 Å². The second-order valence-electron chi connectivity index (χ2n) is 6.87. The van der Waals surface area contributed by atoms with Crippen molar-refractivity contribution in [2.45, 2.75) is 33.9 Å². The van der Waals surface area contributed by atoms with Gasteiger partial charge in [-0.2, -0.15) is 0 Å². The number of nitrogens with zero attached hydrogens (tertiary/aromatic N) is 2. The van der Waals surface area contributed by atoms with Gasteiger partial charge in [-0.15, -0.1) is 0 Å². The normalized spacial score (nSPS) is 10.7. The van der Waals surface area contributed by atoms with Crippen LogP contribution in [0.25, 0.3) is 11.0 Å². The number of imidazole rings is 1. The number of hydrogen-bond donors (Lipinski definition) is 3. The molecule has 2 aromatic carbocycles. The van der Waals surface area contributed by atoms with Gasteiger partial charge in [0.1, 0.15) is 6.54 Å². The van der Waals surface area contributed by atoms with E-state index in [0.717, 1.165) is 22.3 Å². The predicted molar refractivity (Wildman–Crippen MR) is 113 cm³/mol. The molecule has 0 saturated carbocycles. The summed E-state index contributed by atoms with van der Waals surface area (Å²) in [7, 11) is 0. The van der Waals surface area contributed by atoms with Crippen LogP contribution in [0.3, 0.4) is 0 Å². The Kier molecular flexibility index (Phi) is 6.01. The molecule has 0 spiro atoms. The van der Waals surface area contributed by atoms with Gasteiger partial charge in [-0.05, 0) is 44.5 Å². The lowest BCUT2D eigenvalue weighted by atomic mass is 10.1. The van der Waals surface area contributed by atoms with Crippen LogP contribution in [0.1, 0.15) is 18.1 Å². The van der Waals surface area contributed by atoms with Gasteiger partial charge >= 0.3 is 5.69 Å². The molecule has 0 radical (unpaired) electrons. The number of rotatable bonds is 6. The highest BCUT2D eigenvalue weighted by molar-refractivity contribution is 5.85. The third-order valence-electron chi connectivity index (χ3n) is 4.71. The number of aryl methyl sites for hydroxylation is 3. The molecule has 8 nitrogen and oxygen atoms in total. The van der Waals surface area contributed by atoms with Gasteiger partial charge in [0.05, 0.1) is 17.6 Å². The maximum Gasteiger partial charge on any atom is 0.329 e. The van der Waals surface area contributed by atoms with E-state index in [9.17, 15) is 14.4 Å². The number of hydrogen-bond acceptors (Lipinski definition) is 4. The minimum absolute atomic E-state index is 0.0132. The molecule has 0 unspecified atom stereocenters. The lowest BCUT2D eigenvalue weighted by molar-refractivity contribution is -0.128. The molecule has 0 aliphatic rings. The molecule has 3 aromatic rings. The highest BCUT2D eigenvalue weighted by Gasteiger charge is 2.14. The van der Waals surface area contributed by atoms with Gasteiger partial charge in [-0.1, -0.05) is 29.8 Å². The second-order valence-corrected chi connectivity index (χ2v) is 6.87. The Morgan fingerprint density at radius 2 is 1.59 bits per heavy atom. The monoisotopic (exact) mass is 395 g/mol. The molecule has 29 heavy (non-hydrogen) atoms. The first kappa shape index (κ1) is 20.2. The number of carbonyl (C=O) groups is 2. The summed E-state index contributed by atoms with van der Waals surface area (Å²) in [5.41, 5.74) is 8.96. The first-order valence-electron chi connectivity index (χ1n) is 9.47. The van der Waals surface area contributed by atoms with Gasteiger partial charge in [0.2, 0.25) is 0 Å². The summed E-state index contributed by atoms with van der Waals surface area (Å²) in [5, 5.41) is 3.04. The van der Waals surface area contributed by atoms with Crippen LogP contribution >= 0.6 is 0 Å². The summed E-state index contributed by atoms with van der Waals surface area (Å²) in [6, 6.07) is 13.2. The molecule has 0 aliphatic heterocycles. The smallest absolute Gasteiger partial charge is 0.329 e. The Balaban J connectivity index is 1.58. The van der Waals surface area contributed by atoms with E-state index in [1.807, 2.05) is 57.2 Å². The predicted octanol–water partition coefficient (Wildman–Crippen LogP) is 1.70. The van der Waals surface area contributed by atoms with E-state index in [0.29, 0.717) is 12.1 Å². The molecule has 3 rings (SSSR count). The zero-order valence-electron chi connectivity index (χ0n) is 16.8. The molecule has 0 fully saturated rings. The minimum atomic E-state index is -0.481. The summed E-state index contributed by atoms with van der Waals surface area (Å²) in [4.78, 5) is 36.8. The van der Waals surface area contributed by atoms with E-state index in [4.69, 9.17) is 0 Å². The third-order valence-corrected chi connectivity index (χ3v) is 4.71. The van der Waals surface area contributed by atoms with Crippen molar-refractivity contribution in [3.8, 4) is 0 Å². The molecular weight excluding hydrogens is 370 g/mol. The standard InChI is InChI=1S/C21H25N5O3/c1-4-25-17-7-5-6-8-18(17)26(21(25)29)13-20(28)24-23-19(27)12-22-16-10-9-14(2)11-15(16)3/h5-11,22H,4,12-13H2,1-3H3,(H,23,27)(H,24,28). The van der Waals surface area contributed by atoms with Crippen molar-refractivity contribution in [2.75, 3.05) is 11.9 Å². The number of aromatic nitrogens is 2. The Labute approximate surface area is 168 Å². The van der Waals surface area contributed by atoms with Crippen molar-refractivity contribution in [1.29, 1.82) is 0 Å². The Morgan fingerprint density at radius 1 is 0.931 bits per heavy atom. The number of anilines is 1. The maximum atomic E-state index is 12.6. The molecule has 0 atom stereocenters. The molecule has 0 aliphatic carbocycles. The van der Waals surface area contributed by atoms with Crippen LogP contribution in [0.2, 0.25) is 0 Å². The zero-order chi connectivity index (χ0) is 21.0. The molecule has 1 heterocycles. The molecule has 2 amide bonds. The fourth-order valence-electron chi connectivity index (χ4n) is 3.29. The Bertz CT molecular complexity index is 1110. The number of nitrogens with one attached hydrogen (secondary N) is 3. The summed E-state index contributed by atoms with van der Waals surface area (Å²) in [5.74, 6) is -0.868. The van der Waals surface area contributed by atoms with Crippen molar-refractivity contribution < 1.29 is 9.59 Å². The average Bonchev–Trinajstić information content (AvgIpc) is 2.96. The fourth-order valence-corrected chi connectivity index (χ4v) is 3.29. The molecule has 0 saturated heterocycles. The fraction of sp³-hybridized carbons (Fsp3) is 0.286. The van der Waals surface area contributed by atoms with E-state index in [1.54, 1.807) is 10.6 Å². The van der Waals surface area contributed by atoms with E-state index in [2.05, 4.69) is 16.2 Å². The van der Waals surface area contributed by atoms with Crippen LogP contribution in [-0.4, -0.2) is 27.5 Å². The summed E-state index contributed by atoms with van der Waals surface area (Å²) >= 11 is 0. The van der Waals surface area contributed by atoms with Crippen LogP contribution in [0.4, 0.5) is 5.69 Å². The second kappa shape index (κ2) is 8.64. The van der Waals surface area contributed by atoms with Gasteiger partial charge in [0.15, 0.2) is 0 Å².